The van der Waals surface area contributed by atoms with Gasteiger partial charge in [0.05, 0.1) is 46.4 Å². The third-order valence-corrected chi connectivity index (χ3v) is 7.33. The number of rotatable bonds is 5. The first-order chi connectivity index (χ1) is 20.6. The first kappa shape index (κ1) is 23.9. The molecule has 0 spiro atoms. The van der Waals surface area contributed by atoms with Crippen LogP contribution in [0, 0.1) is 5.82 Å². The molecule has 4 N–H and O–H groups in total. The summed E-state index contributed by atoms with van der Waals surface area (Å²) in [6.07, 6.45) is 6.84. The molecule has 4 aromatic heterocycles. The molecule has 1 amide bonds. The number of fused-ring (bicyclic) bond motifs is 3. The third kappa shape index (κ3) is 4.13. The predicted molar refractivity (Wildman–Crippen MR) is 158 cm³/mol. The van der Waals surface area contributed by atoms with Crippen LogP contribution < -0.4 is 16.0 Å². The minimum Gasteiger partial charge on any atom is -0.360 e. The quantitative estimate of drug-likeness (QED) is 0.205. The summed E-state index contributed by atoms with van der Waals surface area (Å²) in [5.74, 6) is 0.171. The fourth-order valence-electron chi connectivity index (χ4n) is 5.24. The molecule has 0 radical (unpaired) electrons. The molecule has 6 aromatic rings. The topological polar surface area (TPSA) is 130 Å². The summed E-state index contributed by atoms with van der Waals surface area (Å²) in [5, 5.41) is 9.76. The first-order valence-corrected chi connectivity index (χ1v) is 13.3. The van der Waals surface area contributed by atoms with Gasteiger partial charge in [-0.1, -0.05) is 18.2 Å². The molecule has 9 nitrogen and oxygen atoms in total. The molecule has 0 aliphatic carbocycles. The molecule has 202 valence electrons. The zero-order valence-corrected chi connectivity index (χ0v) is 21.9. The average Bonchev–Trinajstić information content (AvgIpc) is 3.67. The van der Waals surface area contributed by atoms with E-state index in [1.807, 2.05) is 36.4 Å². The summed E-state index contributed by atoms with van der Waals surface area (Å²) < 4.78 is 13.6. The number of benzene rings is 2. The molecular formula is C32H21FN8O. The predicted octanol–water partition coefficient (Wildman–Crippen LogP) is 5.59. The van der Waals surface area contributed by atoms with Crippen LogP contribution in [0.15, 0.2) is 103 Å². The number of aromatic amines is 1. The van der Waals surface area contributed by atoms with Crippen molar-refractivity contribution >= 4 is 33.9 Å². The lowest BCUT2D eigenvalue weighted by Gasteiger charge is -2.17. The van der Waals surface area contributed by atoms with E-state index in [0.717, 1.165) is 39.2 Å². The molecule has 8 rings (SSSR count). The van der Waals surface area contributed by atoms with Gasteiger partial charge in [-0.25, -0.2) is 9.37 Å². The minimum absolute atomic E-state index is 0.00116. The summed E-state index contributed by atoms with van der Waals surface area (Å²) in [6.45, 7) is 0. The lowest BCUT2D eigenvalue weighted by molar-refractivity contribution is 0.102. The third-order valence-electron chi connectivity index (χ3n) is 7.33. The van der Waals surface area contributed by atoms with Crippen LogP contribution in [-0.2, 0) is 0 Å². The molecule has 1 fully saturated rings. The molecule has 2 aromatic carbocycles. The Morgan fingerprint density at radius 1 is 0.881 bits per heavy atom. The van der Waals surface area contributed by atoms with Crippen LogP contribution in [0.5, 0.6) is 0 Å². The van der Waals surface area contributed by atoms with Crippen molar-refractivity contribution in [3.05, 3.63) is 126 Å². The van der Waals surface area contributed by atoms with Crippen molar-refractivity contribution in [2.75, 3.05) is 10.6 Å². The lowest BCUT2D eigenvalue weighted by Crippen LogP contribution is -2.13. The molecule has 1 saturated heterocycles. The van der Waals surface area contributed by atoms with Gasteiger partial charge in [-0.2, -0.15) is 0 Å². The molecule has 0 saturated carbocycles. The van der Waals surface area contributed by atoms with Gasteiger partial charge in [0.15, 0.2) is 0 Å². The Morgan fingerprint density at radius 3 is 2.60 bits per heavy atom. The summed E-state index contributed by atoms with van der Waals surface area (Å²) in [4.78, 5) is 34.7. The van der Waals surface area contributed by atoms with Crippen LogP contribution in [0.25, 0.3) is 39.1 Å². The molecule has 1 atom stereocenters. The Morgan fingerprint density at radius 2 is 1.74 bits per heavy atom. The second kappa shape index (κ2) is 9.34. The van der Waals surface area contributed by atoms with Gasteiger partial charge in [0.25, 0.3) is 5.91 Å². The first-order valence-electron chi connectivity index (χ1n) is 13.3. The normalized spacial score (nSPS) is 14.9. The summed E-state index contributed by atoms with van der Waals surface area (Å²) in [6, 6.07) is 21.0. The van der Waals surface area contributed by atoms with Crippen LogP contribution >= 0.6 is 0 Å². The van der Waals surface area contributed by atoms with Crippen LogP contribution in [-0.4, -0.2) is 37.0 Å². The van der Waals surface area contributed by atoms with Crippen LogP contribution in [0.2, 0.25) is 0 Å². The smallest absolute Gasteiger partial charge is 0.255 e. The maximum absolute atomic E-state index is 13.6. The zero-order chi connectivity index (χ0) is 28.2. The Bertz CT molecular complexity index is 2050. The number of halogens is 1. The van der Waals surface area contributed by atoms with Crippen LogP contribution in [0.3, 0.4) is 0 Å². The number of amides is 1. The Labute approximate surface area is 238 Å². The number of imidazole rings is 1. The fraction of sp³-hybridized carbons (Fsp3) is 0.0312. The van der Waals surface area contributed by atoms with Crippen molar-refractivity contribution in [2.24, 2.45) is 0 Å². The van der Waals surface area contributed by atoms with E-state index in [9.17, 15) is 9.18 Å². The van der Waals surface area contributed by atoms with Crippen molar-refractivity contribution in [3.8, 4) is 22.5 Å². The van der Waals surface area contributed by atoms with E-state index >= 15 is 0 Å². The number of aromatic nitrogens is 5. The van der Waals surface area contributed by atoms with Crippen LogP contribution in [0.1, 0.15) is 21.7 Å². The summed E-state index contributed by atoms with van der Waals surface area (Å²) in [5.41, 5.74) is 9.30. The molecule has 0 bridgehead atoms. The molecule has 6 heterocycles. The molecule has 42 heavy (non-hydrogen) atoms. The lowest BCUT2D eigenvalue weighted by atomic mass is 9.99. The van der Waals surface area contributed by atoms with E-state index < -0.39 is 0 Å². The Hall–Kier alpha value is -5.90. The number of carbonyl (C=O) groups excluding carboxylic acids is 1. The van der Waals surface area contributed by atoms with E-state index in [4.69, 9.17) is 4.98 Å². The number of nitrogens with one attached hydrogen (secondary N) is 4. The maximum atomic E-state index is 13.6. The standard InChI is InChI=1S/C32H21FN8O/c33-20-8-6-17(7-9-20)27-28-23(10-11-35-27)38-30(40-28)26-22-13-24(36-16-25(22)39-31-29(26)41-31)19-12-21(15-34-14-19)37-32(42)18-4-2-1-3-5-18/h1-16,31,39,41H,(H,37,42)(H,38,40). The number of H-pyrrole nitrogens is 1. The SMILES string of the molecule is O=C(Nc1cncc(-c2cc3c(cn2)NC2NC2=C3c2nc3c(-c4ccc(F)cc4)nccc3[nH]2)c1)c1ccccc1. The monoisotopic (exact) mass is 552 g/mol. The molecule has 1 unspecified atom stereocenters. The maximum Gasteiger partial charge on any atom is 0.255 e. The van der Waals surface area contributed by atoms with E-state index in [0.29, 0.717) is 34.0 Å². The fourth-order valence-corrected chi connectivity index (χ4v) is 5.24. The summed E-state index contributed by atoms with van der Waals surface area (Å²) >= 11 is 0. The van der Waals surface area contributed by atoms with Crippen molar-refractivity contribution in [2.45, 2.75) is 6.17 Å². The van der Waals surface area contributed by atoms with E-state index in [2.05, 4.69) is 35.9 Å². The minimum atomic E-state index is -0.304. The number of anilines is 2. The van der Waals surface area contributed by atoms with Gasteiger partial charge >= 0.3 is 0 Å². The Kier molecular flexibility index (Phi) is 5.33. The van der Waals surface area contributed by atoms with Crippen molar-refractivity contribution in [3.63, 3.8) is 0 Å². The largest absolute Gasteiger partial charge is 0.360 e. The van der Waals surface area contributed by atoms with Gasteiger partial charge in [0.2, 0.25) is 0 Å². The van der Waals surface area contributed by atoms with Crippen molar-refractivity contribution < 1.29 is 9.18 Å². The van der Waals surface area contributed by atoms with Gasteiger partial charge in [0.1, 0.15) is 23.3 Å². The molecule has 10 heteroatoms. The number of nitrogens with zero attached hydrogens (tertiary/aromatic N) is 4. The second-order valence-electron chi connectivity index (χ2n) is 10.1. The number of pyridine rings is 3. The number of hydrogen-bond donors (Lipinski definition) is 4. The van der Waals surface area contributed by atoms with Gasteiger partial charge in [0, 0.05) is 40.2 Å². The van der Waals surface area contributed by atoms with Crippen molar-refractivity contribution in [1.82, 2.24) is 30.2 Å². The van der Waals surface area contributed by atoms with Gasteiger partial charge < -0.3 is 20.9 Å². The highest BCUT2D eigenvalue weighted by molar-refractivity contribution is 6.04. The highest BCUT2D eigenvalue weighted by Crippen LogP contribution is 2.43. The number of hydrogen-bond acceptors (Lipinski definition) is 7. The van der Waals surface area contributed by atoms with Crippen LogP contribution in [0.4, 0.5) is 15.8 Å². The average molecular weight is 553 g/mol. The zero-order valence-electron chi connectivity index (χ0n) is 21.9. The number of carbonyl (C=O) groups is 1. The van der Waals surface area contributed by atoms with Gasteiger partial charge in [-0.15, -0.1) is 0 Å². The molecule has 2 aliphatic heterocycles. The van der Waals surface area contributed by atoms with E-state index in [1.165, 1.54) is 12.1 Å². The summed E-state index contributed by atoms with van der Waals surface area (Å²) in [7, 11) is 0. The van der Waals surface area contributed by atoms with Gasteiger partial charge in [-0.3, -0.25) is 19.7 Å². The Balaban J connectivity index is 1.17. The van der Waals surface area contributed by atoms with E-state index in [-0.39, 0.29) is 17.9 Å². The molecule has 2 aliphatic rings. The highest BCUT2D eigenvalue weighted by atomic mass is 19.1. The van der Waals surface area contributed by atoms with E-state index in [1.54, 1.807) is 49.1 Å². The molecular weight excluding hydrogens is 531 g/mol. The van der Waals surface area contributed by atoms with Gasteiger partial charge in [-0.05, 0) is 54.6 Å². The van der Waals surface area contributed by atoms with Crippen molar-refractivity contribution in [1.29, 1.82) is 0 Å². The second-order valence-corrected chi connectivity index (χ2v) is 10.1. The highest BCUT2D eigenvalue weighted by Gasteiger charge is 2.39.